The van der Waals surface area contributed by atoms with Crippen LogP contribution < -0.4 is 0 Å². The van der Waals surface area contributed by atoms with Gasteiger partial charge in [0.1, 0.15) is 5.75 Å². The molecule has 2 bridgehead atoms. The van der Waals surface area contributed by atoms with Crippen molar-refractivity contribution in [2.75, 3.05) is 13.6 Å². The fraction of sp³-hybridized carbons (Fsp3) is 0.391. The molecule has 3 aliphatic rings. The number of likely N-dealkylation sites (N-methyl/N-ethyl adjacent to an activating group) is 1. The summed E-state index contributed by atoms with van der Waals surface area (Å²) < 4.78 is 0. The third-order valence-electron chi connectivity index (χ3n) is 7.53. The first kappa shape index (κ1) is 14.9. The fourth-order valence-corrected chi connectivity index (χ4v) is 6.29. The van der Waals surface area contributed by atoms with Crippen LogP contribution in [-0.4, -0.2) is 34.6 Å². The zero-order chi connectivity index (χ0) is 17.5. The van der Waals surface area contributed by atoms with Gasteiger partial charge in [0, 0.05) is 28.1 Å². The first-order valence-electron chi connectivity index (χ1n) is 9.77. The zero-order valence-electron chi connectivity index (χ0n) is 15.1. The molecule has 1 aliphatic heterocycles. The lowest BCUT2D eigenvalue weighted by molar-refractivity contribution is 0.0240. The molecule has 3 nitrogen and oxygen atoms in total. The van der Waals surface area contributed by atoms with E-state index >= 15 is 0 Å². The van der Waals surface area contributed by atoms with E-state index < -0.39 is 0 Å². The van der Waals surface area contributed by atoms with Gasteiger partial charge in [-0.1, -0.05) is 24.3 Å². The number of H-pyrrole nitrogens is 1. The van der Waals surface area contributed by atoms with Crippen molar-refractivity contribution >= 4 is 10.9 Å². The first-order valence-corrected chi connectivity index (χ1v) is 9.77. The lowest BCUT2D eigenvalue weighted by atomic mass is 9.52. The van der Waals surface area contributed by atoms with E-state index in [1.54, 1.807) is 0 Å². The average Bonchev–Trinajstić information content (AvgIpc) is 3.00. The number of nitrogens with one attached hydrogen (secondary N) is 1. The molecule has 132 valence electrons. The van der Waals surface area contributed by atoms with Crippen LogP contribution in [0.15, 0.2) is 42.5 Å². The zero-order valence-corrected chi connectivity index (χ0v) is 15.1. The van der Waals surface area contributed by atoms with Gasteiger partial charge in [-0.3, -0.25) is 0 Å². The molecule has 1 fully saturated rings. The van der Waals surface area contributed by atoms with Crippen molar-refractivity contribution in [1.29, 1.82) is 0 Å². The number of benzene rings is 2. The molecular formula is C23H24N2O. The number of likely N-dealkylation sites (tertiary alicyclic amines) is 1. The van der Waals surface area contributed by atoms with Gasteiger partial charge in [-0.05, 0) is 80.1 Å². The Morgan fingerprint density at radius 3 is 2.96 bits per heavy atom. The summed E-state index contributed by atoms with van der Waals surface area (Å²) in [4.78, 5) is 6.31. The van der Waals surface area contributed by atoms with Crippen molar-refractivity contribution in [1.82, 2.24) is 9.88 Å². The smallest absolute Gasteiger partial charge is 0.115 e. The second-order valence-corrected chi connectivity index (χ2v) is 8.61. The monoisotopic (exact) mass is 344 g/mol. The average molecular weight is 344 g/mol. The molecule has 2 heterocycles. The highest BCUT2D eigenvalue weighted by Crippen LogP contribution is 2.55. The SMILES string of the molecule is CN1CC[C@@]23Cc4[nH]c5ccccc5c4C[C@H]2[C@@H]1Cc1ccc(O)cc13. The molecule has 3 heteroatoms. The van der Waals surface area contributed by atoms with Gasteiger partial charge in [0.25, 0.3) is 0 Å². The number of aromatic amines is 1. The molecule has 0 radical (unpaired) electrons. The normalized spacial score (nSPS) is 29.9. The molecule has 3 aromatic rings. The lowest BCUT2D eigenvalue weighted by Crippen LogP contribution is -2.61. The standard InChI is InChI=1S/C23H24N2O/c1-25-9-8-23-13-21-17(16-4-2-3-5-20(16)24-21)12-19(23)22(25)10-14-6-7-15(26)11-18(14)23/h2-7,11,19,22,24,26H,8-10,12-13H2,1H3/t19-,22-,23-/m0/s1. The highest BCUT2D eigenvalue weighted by molar-refractivity contribution is 5.85. The van der Waals surface area contributed by atoms with Crippen LogP contribution in [-0.2, 0) is 24.7 Å². The Labute approximate surface area is 153 Å². The van der Waals surface area contributed by atoms with Crippen LogP contribution in [0.1, 0.15) is 28.8 Å². The van der Waals surface area contributed by atoms with E-state index in [1.165, 1.54) is 39.7 Å². The van der Waals surface area contributed by atoms with E-state index in [0.29, 0.717) is 17.7 Å². The van der Waals surface area contributed by atoms with Crippen LogP contribution in [0.4, 0.5) is 0 Å². The van der Waals surface area contributed by atoms with Crippen molar-refractivity contribution in [3.8, 4) is 5.75 Å². The first-order chi connectivity index (χ1) is 12.7. The quantitative estimate of drug-likeness (QED) is 0.651. The molecule has 0 spiro atoms. The van der Waals surface area contributed by atoms with E-state index in [-0.39, 0.29) is 5.41 Å². The number of hydrogen-bond donors (Lipinski definition) is 2. The van der Waals surface area contributed by atoms with E-state index in [9.17, 15) is 5.11 Å². The van der Waals surface area contributed by atoms with Gasteiger partial charge in [0.05, 0.1) is 0 Å². The predicted molar refractivity (Wildman–Crippen MR) is 104 cm³/mol. The number of phenolic OH excluding ortho intramolecular Hbond substituents is 1. The molecule has 0 amide bonds. The number of piperidine rings is 1. The minimum atomic E-state index is 0.164. The molecular weight excluding hydrogens is 320 g/mol. The van der Waals surface area contributed by atoms with Gasteiger partial charge in [-0.15, -0.1) is 0 Å². The van der Waals surface area contributed by atoms with Crippen molar-refractivity contribution in [3.63, 3.8) is 0 Å². The Kier molecular flexibility index (Phi) is 2.81. The van der Waals surface area contributed by atoms with E-state index in [0.717, 1.165) is 25.8 Å². The third-order valence-corrected chi connectivity index (χ3v) is 7.53. The van der Waals surface area contributed by atoms with E-state index in [1.807, 2.05) is 6.07 Å². The van der Waals surface area contributed by atoms with Crippen LogP contribution in [0.25, 0.3) is 10.9 Å². The molecule has 2 aromatic carbocycles. The number of aromatic hydroxyl groups is 1. The molecule has 0 saturated carbocycles. The van der Waals surface area contributed by atoms with Gasteiger partial charge in [-0.25, -0.2) is 0 Å². The van der Waals surface area contributed by atoms with Crippen LogP contribution in [0.2, 0.25) is 0 Å². The van der Waals surface area contributed by atoms with E-state index in [4.69, 9.17) is 0 Å². The largest absolute Gasteiger partial charge is 0.508 e. The molecule has 3 atom stereocenters. The summed E-state index contributed by atoms with van der Waals surface area (Å²) in [5, 5.41) is 11.6. The fourth-order valence-electron chi connectivity index (χ4n) is 6.29. The van der Waals surface area contributed by atoms with Crippen LogP contribution >= 0.6 is 0 Å². The highest BCUT2D eigenvalue weighted by atomic mass is 16.3. The van der Waals surface area contributed by atoms with Gasteiger partial charge in [0.2, 0.25) is 0 Å². The molecule has 26 heavy (non-hydrogen) atoms. The Morgan fingerprint density at radius 1 is 1.15 bits per heavy atom. The molecule has 2 aliphatic carbocycles. The molecule has 6 rings (SSSR count). The Balaban J connectivity index is 1.60. The second-order valence-electron chi connectivity index (χ2n) is 8.61. The molecule has 1 saturated heterocycles. The van der Waals surface area contributed by atoms with E-state index in [2.05, 4.69) is 53.3 Å². The predicted octanol–water partition coefficient (Wildman–Crippen LogP) is 3.79. The van der Waals surface area contributed by atoms with Gasteiger partial charge in [-0.2, -0.15) is 0 Å². The maximum atomic E-state index is 10.2. The minimum absolute atomic E-state index is 0.164. The maximum Gasteiger partial charge on any atom is 0.115 e. The number of fused-ring (bicyclic) bond motifs is 4. The summed E-state index contributed by atoms with van der Waals surface area (Å²) in [7, 11) is 2.30. The summed E-state index contributed by atoms with van der Waals surface area (Å²) in [5.74, 6) is 1.04. The lowest BCUT2D eigenvalue weighted by Gasteiger charge is -2.58. The molecule has 2 N–H and O–H groups in total. The second kappa shape index (κ2) is 4.92. The molecule has 0 unspecified atom stereocenters. The maximum absolute atomic E-state index is 10.2. The molecule has 1 aromatic heterocycles. The number of nitrogens with zero attached hydrogens (tertiary/aromatic N) is 1. The van der Waals surface area contributed by atoms with Crippen molar-refractivity contribution < 1.29 is 5.11 Å². The summed E-state index contributed by atoms with van der Waals surface area (Å²) in [6.45, 7) is 1.14. The van der Waals surface area contributed by atoms with Crippen LogP contribution in [0.3, 0.4) is 0 Å². The number of hydrogen-bond acceptors (Lipinski definition) is 2. The highest BCUT2D eigenvalue weighted by Gasteiger charge is 2.54. The Hall–Kier alpha value is -2.26. The minimum Gasteiger partial charge on any atom is -0.508 e. The van der Waals surface area contributed by atoms with Gasteiger partial charge < -0.3 is 15.0 Å². The Morgan fingerprint density at radius 2 is 2.04 bits per heavy atom. The van der Waals surface area contributed by atoms with Gasteiger partial charge >= 0.3 is 0 Å². The Bertz CT molecular complexity index is 1040. The van der Waals surface area contributed by atoms with Crippen molar-refractivity contribution in [2.24, 2.45) is 5.92 Å². The number of rotatable bonds is 0. The number of para-hydroxylation sites is 1. The summed E-state index contributed by atoms with van der Waals surface area (Å²) in [6, 6.07) is 15.4. The number of phenols is 1. The summed E-state index contributed by atoms with van der Waals surface area (Å²) in [6.07, 6.45) is 4.50. The number of aromatic nitrogens is 1. The van der Waals surface area contributed by atoms with Crippen molar-refractivity contribution in [3.05, 3.63) is 64.8 Å². The third kappa shape index (κ3) is 1.77. The summed E-state index contributed by atoms with van der Waals surface area (Å²) in [5.41, 5.74) is 7.24. The van der Waals surface area contributed by atoms with Crippen LogP contribution in [0, 0.1) is 5.92 Å². The van der Waals surface area contributed by atoms with Crippen molar-refractivity contribution in [2.45, 2.75) is 37.1 Å². The van der Waals surface area contributed by atoms with Crippen LogP contribution in [0.5, 0.6) is 5.75 Å². The summed E-state index contributed by atoms with van der Waals surface area (Å²) >= 11 is 0. The topological polar surface area (TPSA) is 39.3 Å². The van der Waals surface area contributed by atoms with Gasteiger partial charge in [0.15, 0.2) is 0 Å².